The summed E-state index contributed by atoms with van der Waals surface area (Å²) in [6.07, 6.45) is 6.10. The Morgan fingerprint density at radius 2 is 2.15 bits per heavy atom. The van der Waals surface area contributed by atoms with Gasteiger partial charge in [0.05, 0.1) is 6.10 Å². The van der Waals surface area contributed by atoms with Crippen LogP contribution in [0.25, 0.3) is 0 Å². The molecule has 0 N–H and O–H groups in total. The van der Waals surface area contributed by atoms with Crippen LogP contribution in [0.5, 0.6) is 0 Å². The minimum atomic E-state index is -0.192. The number of methoxy groups -OCH3 is 1. The smallest absolute Gasteiger partial charge is 0.222 e. The van der Waals surface area contributed by atoms with Crippen LogP contribution in [0.15, 0.2) is 48.8 Å². The molecular weight excluding hydrogens is 331 g/mol. The lowest BCUT2D eigenvalue weighted by Crippen LogP contribution is -2.47. The van der Waals surface area contributed by atoms with Crippen molar-refractivity contribution in [3.63, 3.8) is 0 Å². The summed E-state index contributed by atoms with van der Waals surface area (Å²) in [5.41, 5.74) is 1.75. The number of aryl methyl sites for hydroxylation is 1. The van der Waals surface area contributed by atoms with E-state index in [4.69, 9.17) is 4.74 Å². The van der Waals surface area contributed by atoms with Crippen molar-refractivity contribution < 1.29 is 13.9 Å². The third-order valence-electron chi connectivity index (χ3n) is 5.11. The van der Waals surface area contributed by atoms with E-state index in [2.05, 4.69) is 4.98 Å². The second-order valence-corrected chi connectivity index (χ2v) is 6.82. The van der Waals surface area contributed by atoms with E-state index in [9.17, 15) is 9.18 Å². The molecule has 4 nitrogen and oxygen atoms in total. The van der Waals surface area contributed by atoms with Crippen molar-refractivity contribution in [1.82, 2.24) is 9.88 Å². The molecule has 1 aromatic heterocycles. The van der Waals surface area contributed by atoms with E-state index < -0.39 is 0 Å². The topological polar surface area (TPSA) is 42.4 Å². The fraction of sp³-hybridized carbons (Fsp3) is 0.429. The van der Waals surface area contributed by atoms with Crippen molar-refractivity contribution in [1.29, 1.82) is 0 Å². The molecule has 1 amide bonds. The van der Waals surface area contributed by atoms with E-state index in [1.165, 1.54) is 6.07 Å². The first-order chi connectivity index (χ1) is 12.7. The van der Waals surface area contributed by atoms with Crippen LogP contribution in [-0.4, -0.2) is 42.1 Å². The van der Waals surface area contributed by atoms with Gasteiger partial charge in [-0.2, -0.15) is 0 Å². The van der Waals surface area contributed by atoms with E-state index in [0.29, 0.717) is 37.9 Å². The highest BCUT2D eigenvalue weighted by Gasteiger charge is 2.31. The van der Waals surface area contributed by atoms with Crippen molar-refractivity contribution in [2.24, 2.45) is 5.92 Å². The van der Waals surface area contributed by atoms with Crippen LogP contribution in [-0.2, 0) is 22.4 Å². The van der Waals surface area contributed by atoms with E-state index in [0.717, 1.165) is 12.0 Å². The summed E-state index contributed by atoms with van der Waals surface area (Å²) in [6.45, 7) is 1.30. The molecule has 1 aliphatic heterocycles. The van der Waals surface area contributed by atoms with Crippen LogP contribution in [0.4, 0.5) is 4.39 Å². The first-order valence-corrected chi connectivity index (χ1v) is 9.10. The monoisotopic (exact) mass is 356 g/mol. The molecule has 2 aromatic rings. The van der Waals surface area contributed by atoms with E-state index in [-0.39, 0.29) is 23.7 Å². The average Bonchev–Trinajstić information content (AvgIpc) is 2.68. The lowest BCUT2D eigenvalue weighted by atomic mass is 9.88. The summed E-state index contributed by atoms with van der Waals surface area (Å²) in [5, 5.41) is 0. The third kappa shape index (κ3) is 4.67. The number of carbonyl (C=O) groups excluding carboxylic acids is 1. The SMILES string of the molecule is CO[C@@H]1CCN(C(=O)CCc2cccnc2)C[C@H]1Cc1ccccc1F. The number of carbonyl (C=O) groups is 1. The van der Waals surface area contributed by atoms with Crippen molar-refractivity contribution >= 4 is 5.91 Å². The summed E-state index contributed by atoms with van der Waals surface area (Å²) in [5.74, 6) is 0.0531. The lowest BCUT2D eigenvalue weighted by molar-refractivity contribution is -0.135. The number of rotatable bonds is 6. The Kier molecular flexibility index (Phi) is 6.34. The number of hydrogen-bond donors (Lipinski definition) is 0. The molecular formula is C21H25FN2O2. The maximum Gasteiger partial charge on any atom is 0.222 e. The fourth-order valence-electron chi connectivity index (χ4n) is 3.65. The highest BCUT2D eigenvalue weighted by Crippen LogP contribution is 2.25. The normalized spacial score (nSPS) is 20.2. The molecule has 2 heterocycles. The van der Waals surface area contributed by atoms with Crippen LogP contribution in [0.2, 0.25) is 0 Å². The predicted octanol–water partition coefficient (Wildman–Crippen LogP) is 3.26. The van der Waals surface area contributed by atoms with Gasteiger partial charge in [-0.15, -0.1) is 0 Å². The second-order valence-electron chi connectivity index (χ2n) is 6.82. The lowest BCUT2D eigenvalue weighted by Gasteiger charge is -2.38. The van der Waals surface area contributed by atoms with Gasteiger partial charge in [0, 0.05) is 44.9 Å². The summed E-state index contributed by atoms with van der Waals surface area (Å²) < 4.78 is 19.6. The zero-order chi connectivity index (χ0) is 18.4. The van der Waals surface area contributed by atoms with Crippen LogP contribution >= 0.6 is 0 Å². The fourth-order valence-corrected chi connectivity index (χ4v) is 3.65. The Labute approximate surface area is 154 Å². The van der Waals surface area contributed by atoms with Crippen molar-refractivity contribution in [3.05, 3.63) is 65.7 Å². The van der Waals surface area contributed by atoms with E-state index >= 15 is 0 Å². The molecule has 0 radical (unpaired) electrons. The number of amides is 1. The zero-order valence-corrected chi connectivity index (χ0v) is 15.1. The molecule has 3 rings (SSSR count). The maximum atomic E-state index is 14.0. The number of hydrogen-bond acceptors (Lipinski definition) is 3. The molecule has 1 saturated heterocycles. The summed E-state index contributed by atoms with van der Waals surface area (Å²) in [7, 11) is 1.69. The molecule has 1 aliphatic rings. The minimum absolute atomic E-state index is 0.0528. The molecule has 2 atom stereocenters. The molecule has 1 aromatic carbocycles. The molecule has 0 spiro atoms. The maximum absolute atomic E-state index is 14.0. The number of pyridine rings is 1. The number of halogens is 1. The van der Waals surface area contributed by atoms with Crippen molar-refractivity contribution in [2.45, 2.75) is 31.8 Å². The minimum Gasteiger partial charge on any atom is -0.381 e. The zero-order valence-electron chi connectivity index (χ0n) is 15.1. The van der Waals surface area contributed by atoms with Gasteiger partial charge >= 0.3 is 0 Å². The van der Waals surface area contributed by atoms with Crippen LogP contribution < -0.4 is 0 Å². The van der Waals surface area contributed by atoms with Gasteiger partial charge in [0.2, 0.25) is 5.91 Å². The Balaban J connectivity index is 1.61. The number of benzene rings is 1. The molecule has 0 bridgehead atoms. The third-order valence-corrected chi connectivity index (χ3v) is 5.11. The van der Waals surface area contributed by atoms with Gasteiger partial charge in [-0.3, -0.25) is 9.78 Å². The van der Waals surface area contributed by atoms with Crippen LogP contribution in [0.1, 0.15) is 24.0 Å². The summed E-state index contributed by atoms with van der Waals surface area (Å²) in [4.78, 5) is 18.6. The second kappa shape index (κ2) is 8.90. The molecule has 138 valence electrons. The average molecular weight is 356 g/mol. The van der Waals surface area contributed by atoms with Crippen molar-refractivity contribution in [2.75, 3.05) is 20.2 Å². The highest BCUT2D eigenvalue weighted by atomic mass is 19.1. The number of likely N-dealkylation sites (tertiary alicyclic amines) is 1. The first-order valence-electron chi connectivity index (χ1n) is 9.10. The van der Waals surface area contributed by atoms with E-state index in [1.54, 1.807) is 25.6 Å². The summed E-state index contributed by atoms with van der Waals surface area (Å²) in [6, 6.07) is 10.7. The Morgan fingerprint density at radius 3 is 2.88 bits per heavy atom. The van der Waals surface area contributed by atoms with Crippen molar-refractivity contribution in [3.8, 4) is 0 Å². The van der Waals surface area contributed by atoms with Gasteiger partial charge in [-0.05, 0) is 42.5 Å². The number of aromatic nitrogens is 1. The number of piperidine rings is 1. The molecule has 1 fully saturated rings. The largest absolute Gasteiger partial charge is 0.381 e. The molecule has 0 aliphatic carbocycles. The van der Waals surface area contributed by atoms with Gasteiger partial charge < -0.3 is 9.64 Å². The molecule has 0 unspecified atom stereocenters. The van der Waals surface area contributed by atoms with Crippen LogP contribution in [0.3, 0.4) is 0 Å². The number of ether oxygens (including phenoxy) is 1. The Morgan fingerprint density at radius 1 is 1.31 bits per heavy atom. The Bertz CT molecular complexity index is 723. The highest BCUT2D eigenvalue weighted by molar-refractivity contribution is 5.76. The van der Waals surface area contributed by atoms with Gasteiger partial charge in [-0.1, -0.05) is 24.3 Å². The first kappa shape index (κ1) is 18.5. The Hall–Kier alpha value is -2.27. The molecule has 5 heteroatoms. The van der Waals surface area contributed by atoms with Gasteiger partial charge in [0.1, 0.15) is 5.82 Å². The standard InChI is InChI=1S/C21H25FN2O2/c1-26-20-10-12-24(21(25)9-8-16-5-4-11-23-14-16)15-18(20)13-17-6-2-3-7-19(17)22/h2-7,11,14,18,20H,8-10,12-13,15H2,1H3/t18-,20-/m1/s1. The predicted molar refractivity (Wildman–Crippen MR) is 98.1 cm³/mol. The van der Waals surface area contributed by atoms with Gasteiger partial charge in [-0.25, -0.2) is 4.39 Å². The van der Waals surface area contributed by atoms with E-state index in [1.807, 2.05) is 29.2 Å². The molecule has 0 saturated carbocycles. The van der Waals surface area contributed by atoms with Gasteiger partial charge in [0.15, 0.2) is 0 Å². The quantitative estimate of drug-likeness (QED) is 0.798. The summed E-state index contributed by atoms with van der Waals surface area (Å²) >= 11 is 0. The number of nitrogens with zero attached hydrogens (tertiary/aromatic N) is 2. The van der Waals surface area contributed by atoms with Gasteiger partial charge in [0.25, 0.3) is 0 Å². The van der Waals surface area contributed by atoms with Crippen LogP contribution in [0, 0.1) is 11.7 Å². The molecule has 26 heavy (non-hydrogen) atoms.